The van der Waals surface area contributed by atoms with E-state index >= 15 is 0 Å². The standard InChI is InChI=1S/C30H26N2O5S/c33-24-10-5-20(6-11-24)28-29(38-18-25(34)21-7-12-26-27(16-21)37-15-14-36-26)30(35)32(28)23-8-3-19(4-9-23)22-2-1-13-31-17-22/h1-13,16-17,25,28-29,33-34H,14-15,18H2/t25-,28+,29+/m0/s1. The Balaban J connectivity index is 1.21. The molecule has 2 aliphatic heterocycles. The van der Waals surface area contributed by atoms with E-state index in [4.69, 9.17) is 9.47 Å². The molecule has 0 bridgehead atoms. The number of aliphatic hydroxyl groups is 1. The highest BCUT2D eigenvalue weighted by molar-refractivity contribution is 8.00. The zero-order chi connectivity index (χ0) is 26.1. The first-order valence-corrected chi connectivity index (χ1v) is 13.4. The Bertz CT molecular complexity index is 1430. The first-order valence-electron chi connectivity index (χ1n) is 12.4. The van der Waals surface area contributed by atoms with Gasteiger partial charge in [-0.1, -0.05) is 36.4 Å². The normalized spacial score (nSPS) is 19.1. The third-order valence-electron chi connectivity index (χ3n) is 6.81. The lowest BCUT2D eigenvalue weighted by atomic mass is 9.92. The Morgan fingerprint density at radius 1 is 0.947 bits per heavy atom. The first-order chi connectivity index (χ1) is 18.6. The maximum Gasteiger partial charge on any atom is 0.243 e. The van der Waals surface area contributed by atoms with Crippen LogP contribution in [0.1, 0.15) is 23.3 Å². The van der Waals surface area contributed by atoms with E-state index in [1.54, 1.807) is 29.3 Å². The highest BCUT2D eigenvalue weighted by Crippen LogP contribution is 2.46. The molecule has 0 spiro atoms. The van der Waals surface area contributed by atoms with E-state index in [9.17, 15) is 15.0 Å². The topological polar surface area (TPSA) is 92.1 Å². The van der Waals surface area contributed by atoms with Crippen molar-refractivity contribution in [2.75, 3.05) is 23.9 Å². The second kappa shape index (κ2) is 10.4. The summed E-state index contributed by atoms with van der Waals surface area (Å²) in [5, 5.41) is 20.4. The number of aromatic nitrogens is 1. The molecule has 0 saturated carbocycles. The van der Waals surface area contributed by atoms with Crippen LogP contribution in [-0.2, 0) is 4.79 Å². The number of nitrogens with zero attached hydrogens (tertiary/aromatic N) is 2. The fourth-order valence-electron chi connectivity index (χ4n) is 4.81. The van der Waals surface area contributed by atoms with Gasteiger partial charge < -0.3 is 24.6 Å². The number of amides is 1. The summed E-state index contributed by atoms with van der Waals surface area (Å²) in [6.45, 7) is 0.987. The fraction of sp³-hybridized carbons (Fsp3) is 0.200. The molecular formula is C30H26N2O5S. The number of phenolic OH excluding ortho intramolecular Hbond substituents is 1. The van der Waals surface area contributed by atoms with Crippen LogP contribution in [0.4, 0.5) is 5.69 Å². The van der Waals surface area contributed by atoms with Crippen LogP contribution in [0.3, 0.4) is 0 Å². The zero-order valence-corrected chi connectivity index (χ0v) is 21.3. The number of carbonyl (C=O) groups is 1. The predicted molar refractivity (Wildman–Crippen MR) is 147 cm³/mol. The van der Waals surface area contributed by atoms with Gasteiger partial charge in [0.2, 0.25) is 5.91 Å². The average molecular weight is 527 g/mol. The van der Waals surface area contributed by atoms with Crippen LogP contribution < -0.4 is 14.4 Å². The Kier molecular flexibility index (Phi) is 6.66. The van der Waals surface area contributed by atoms with Crippen LogP contribution in [0.5, 0.6) is 17.2 Å². The molecule has 1 aromatic heterocycles. The first kappa shape index (κ1) is 24.3. The number of pyridine rings is 1. The predicted octanol–water partition coefficient (Wildman–Crippen LogP) is 5.15. The maximum atomic E-state index is 13.4. The summed E-state index contributed by atoms with van der Waals surface area (Å²) in [6, 6.07) is 23.9. The molecule has 1 saturated heterocycles. The van der Waals surface area contributed by atoms with Gasteiger partial charge in [0.15, 0.2) is 11.5 Å². The van der Waals surface area contributed by atoms with Crippen LogP contribution in [0.15, 0.2) is 91.3 Å². The Hall–Kier alpha value is -4.01. The van der Waals surface area contributed by atoms with Gasteiger partial charge in [-0.25, -0.2) is 0 Å². The molecule has 2 N–H and O–H groups in total. The number of benzene rings is 3. The minimum absolute atomic E-state index is 0.0171. The van der Waals surface area contributed by atoms with Gasteiger partial charge in [-0.2, -0.15) is 0 Å². The van der Waals surface area contributed by atoms with Crippen molar-refractivity contribution in [2.24, 2.45) is 0 Å². The lowest BCUT2D eigenvalue weighted by Crippen LogP contribution is -2.57. The summed E-state index contributed by atoms with van der Waals surface area (Å²) in [7, 11) is 0. The number of anilines is 1. The van der Waals surface area contributed by atoms with Crippen molar-refractivity contribution < 1.29 is 24.5 Å². The lowest BCUT2D eigenvalue weighted by Gasteiger charge is -2.47. The molecule has 3 heterocycles. The second-order valence-corrected chi connectivity index (χ2v) is 10.4. The van der Waals surface area contributed by atoms with E-state index in [1.807, 2.05) is 66.9 Å². The van der Waals surface area contributed by atoms with Crippen molar-refractivity contribution in [3.63, 3.8) is 0 Å². The molecule has 0 radical (unpaired) electrons. The number of phenols is 1. The van der Waals surface area contributed by atoms with Gasteiger partial charge in [-0.3, -0.25) is 9.78 Å². The minimum atomic E-state index is -0.767. The minimum Gasteiger partial charge on any atom is -0.508 e. The molecule has 4 aromatic rings. The number of rotatable bonds is 7. The number of aromatic hydroxyl groups is 1. The Morgan fingerprint density at radius 2 is 1.71 bits per heavy atom. The summed E-state index contributed by atoms with van der Waals surface area (Å²) in [5.41, 5.74) is 4.46. The van der Waals surface area contributed by atoms with E-state index in [1.165, 1.54) is 11.8 Å². The molecule has 1 fully saturated rings. The second-order valence-electron chi connectivity index (χ2n) is 9.21. The fourth-order valence-corrected chi connectivity index (χ4v) is 6.11. The molecule has 3 atom stereocenters. The number of hydrogen-bond acceptors (Lipinski definition) is 7. The van der Waals surface area contributed by atoms with Gasteiger partial charge in [0, 0.05) is 23.8 Å². The van der Waals surface area contributed by atoms with E-state index in [0.29, 0.717) is 30.5 Å². The number of aliphatic hydroxyl groups excluding tert-OH is 1. The number of fused-ring (bicyclic) bond motifs is 1. The Morgan fingerprint density at radius 3 is 2.45 bits per heavy atom. The summed E-state index contributed by atoms with van der Waals surface area (Å²) >= 11 is 1.43. The van der Waals surface area contributed by atoms with E-state index in [0.717, 1.165) is 27.9 Å². The SMILES string of the molecule is O=C1[C@H](SC[C@H](O)c2ccc3c(c2)OCCO3)[C@@H](c2ccc(O)cc2)N1c1ccc(-c2cccnc2)cc1. The third kappa shape index (κ3) is 4.68. The number of thioether (sulfide) groups is 1. The van der Waals surface area contributed by atoms with E-state index in [-0.39, 0.29) is 22.9 Å². The van der Waals surface area contributed by atoms with Gasteiger partial charge in [-0.05, 0) is 64.7 Å². The monoisotopic (exact) mass is 526 g/mol. The van der Waals surface area contributed by atoms with Crippen molar-refractivity contribution in [1.29, 1.82) is 0 Å². The van der Waals surface area contributed by atoms with Crippen molar-refractivity contribution in [3.8, 4) is 28.4 Å². The summed E-state index contributed by atoms with van der Waals surface area (Å²) < 4.78 is 11.2. The maximum absolute atomic E-state index is 13.4. The van der Waals surface area contributed by atoms with Gasteiger partial charge in [0.25, 0.3) is 0 Å². The van der Waals surface area contributed by atoms with Gasteiger partial charge in [0.1, 0.15) is 24.2 Å². The summed E-state index contributed by atoms with van der Waals surface area (Å²) in [5.74, 6) is 1.80. The number of carbonyl (C=O) groups excluding carboxylic acids is 1. The van der Waals surface area contributed by atoms with Crippen molar-refractivity contribution in [2.45, 2.75) is 17.4 Å². The van der Waals surface area contributed by atoms with Gasteiger partial charge >= 0.3 is 0 Å². The van der Waals surface area contributed by atoms with E-state index in [2.05, 4.69) is 4.98 Å². The number of β-lactam (4-membered cyclic amide) rings is 1. The zero-order valence-electron chi connectivity index (χ0n) is 20.4. The van der Waals surface area contributed by atoms with Crippen LogP contribution in [0.25, 0.3) is 11.1 Å². The molecule has 38 heavy (non-hydrogen) atoms. The number of hydrogen-bond donors (Lipinski definition) is 2. The summed E-state index contributed by atoms with van der Waals surface area (Å²) in [4.78, 5) is 19.4. The largest absolute Gasteiger partial charge is 0.508 e. The van der Waals surface area contributed by atoms with Crippen molar-refractivity contribution in [1.82, 2.24) is 4.98 Å². The molecule has 2 aliphatic rings. The molecule has 3 aromatic carbocycles. The molecule has 6 rings (SSSR count). The molecule has 192 valence electrons. The highest BCUT2D eigenvalue weighted by atomic mass is 32.2. The van der Waals surface area contributed by atoms with Crippen LogP contribution >= 0.6 is 11.8 Å². The molecular weight excluding hydrogens is 500 g/mol. The molecule has 0 aliphatic carbocycles. The van der Waals surface area contributed by atoms with E-state index < -0.39 is 6.10 Å². The smallest absolute Gasteiger partial charge is 0.243 e. The number of ether oxygens (including phenoxy) is 2. The van der Waals surface area contributed by atoms with Gasteiger partial charge in [-0.15, -0.1) is 11.8 Å². The summed E-state index contributed by atoms with van der Waals surface area (Å²) in [6.07, 6.45) is 2.78. The highest BCUT2D eigenvalue weighted by Gasteiger charge is 2.49. The molecule has 1 amide bonds. The molecule has 0 unspecified atom stereocenters. The van der Waals surface area contributed by atoms with Crippen molar-refractivity contribution >= 4 is 23.4 Å². The van der Waals surface area contributed by atoms with Crippen molar-refractivity contribution in [3.05, 3.63) is 102 Å². The molecule has 7 nitrogen and oxygen atoms in total. The Labute approximate surface area is 224 Å². The third-order valence-corrected chi connectivity index (χ3v) is 8.13. The molecule has 8 heteroatoms. The van der Waals surface area contributed by atoms with Crippen LogP contribution in [0, 0.1) is 0 Å². The van der Waals surface area contributed by atoms with Crippen LogP contribution in [-0.4, -0.2) is 45.3 Å². The van der Waals surface area contributed by atoms with Gasteiger partial charge in [0.05, 0.1) is 12.1 Å². The average Bonchev–Trinajstić information content (AvgIpc) is 2.97. The lowest BCUT2D eigenvalue weighted by molar-refractivity contribution is -0.123. The quantitative estimate of drug-likeness (QED) is 0.322. The van der Waals surface area contributed by atoms with Crippen LogP contribution in [0.2, 0.25) is 0 Å².